The molecule has 1 aliphatic heterocycles. The summed E-state index contributed by atoms with van der Waals surface area (Å²) in [6, 6.07) is 1.83. The first-order chi connectivity index (χ1) is 12.4. The molecular formula is C16H16Br2N4O4. The number of carbonyl (C=O) groups excluding carboxylic acids is 1. The number of ether oxygens (including phenoxy) is 3. The van der Waals surface area contributed by atoms with E-state index in [2.05, 4.69) is 41.8 Å². The number of methoxy groups -OCH3 is 3. The normalized spacial score (nSPS) is 13.0. The maximum Gasteiger partial charge on any atom is 0.223 e. The van der Waals surface area contributed by atoms with Crippen molar-refractivity contribution in [3.05, 3.63) is 26.3 Å². The van der Waals surface area contributed by atoms with Crippen molar-refractivity contribution in [3.8, 4) is 17.2 Å². The van der Waals surface area contributed by atoms with E-state index in [-0.39, 0.29) is 18.3 Å². The SMILES string of the molecule is COc1cc(CN2CC(=O)c3c(Br)nc(N)nc32)c(Br)c(OC)c1OC. The zero-order valence-corrected chi connectivity index (χ0v) is 17.5. The lowest BCUT2D eigenvalue weighted by Crippen LogP contribution is -2.23. The number of nitrogen functional groups attached to an aromatic ring is 1. The number of anilines is 2. The van der Waals surface area contributed by atoms with Crippen LogP contribution in [0.2, 0.25) is 0 Å². The highest BCUT2D eigenvalue weighted by Gasteiger charge is 2.32. The monoisotopic (exact) mass is 486 g/mol. The fourth-order valence-electron chi connectivity index (χ4n) is 2.86. The number of aromatic nitrogens is 2. The van der Waals surface area contributed by atoms with Gasteiger partial charge in [-0.2, -0.15) is 4.98 Å². The molecule has 0 saturated carbocycles. The zero-order valence-electron chi connectivity index (χ0n) is 14.3. The van der Waals surface area contributed by atoms with Crippen molar-refractivity contribution in [2.24, 2.45) is 0 Å². The molecule has 0 radical (unpaired) electrons. The molecule has 2 N–H and O–H groups in total. The Morgan fingerprint density at radius 2 is 1.85 bits per heavy atom. The van der Waals surface area contributed by atoms with Crippen LogP contribution in [-0.2, 0) is 6.54 Å². The minimum Gasteiger partial charge on any atom is -0.493 e. The van der Waals surface area contributed by atoms with Gasteiger partial charge in [-0.3, -0.25) is 4.79 Å². The Bertz CT molecular complexity index is 891. The van der Waals surface area contributed by atoms with E-state index in [0.717, 1.165) is 5.56 Å². The van der Waals surface area contributed by atoms with Gasteiger partial charge in [-0.15, -0.1) is 0 Å². The van der Waals surface area contributed by atoms with Crippen molar-refractivity contribution in [2.75, 3.05) is 38.5 Å². The van der Waals surface area contributed by atoms with Gasteiger partial charge in [0.05, 0.1) is 37.9 Å². The topological polar surface area (TPSA) is 99.8 Å². The number of fused-ring (bicyclic) bond motifs is 1. The Morgan fingerprint density at radius 3 is 2.46 bits per heavy atom. The van der Waals surface area contributed by atoms with Gasteiger partial charge in [0.25, 0.3) is 0 Å². The van der Waals surface area contributed by atoms with Gasteiger partial charge in [-0.1, -0.05) is 0 Å². The molecule has 0 bridgehead atoms. The van der Waals surface area contributed by atoms with Gasteiger partial charge < -0.3 is 24.8 Å². The van der Waals surface area contributed by atoms with Crippen molar-refractivity contribution in [3.63, 3.8) is 0 Å². The van der Waals surface area contributed by atoms with Gasteiger partial charge >= 0.3 is 0 Å². The quantitative estimate of drug-likeness (QED) is 0.642. The predicted molar refractivity (Wildman–Crippen MR) is 103 cm³/mol. The third kappa shape index (κ3) is 3.07. The number of benzene rings is 1. The molecule has 2 aromatic rings. The molecule has 0 amide bonds. The number of carbonyl (C=O) groups is 1. The van der Waals surface area contributed by atoms with Crippen LogP contribution in [0, 0.1) is 0 Å². The number of hydrogen-bond acceptors (Lipinski definition) is 8. The zero-order chi connectivity index (χ0) is 19.0. The summed E-state index contributed by atoms with van der Waals surface area (Å²) in [7, 11) is 4.64. The molecule has 0 fully saturated rings. The lowest BCUT2D eigenvalue weighted by molar-refractivity contribution is 0.101. The van der Waals surface area contributed by atoms with E-state index in [4.69, 9.17) is 19.9 Å². The molecule has 0 saturated heterocycles. The summed E-state index contributed by atoms with van der Waals surface area (Å²) in [5.74, 6) is 2.04. The van der Waals surface area contributed by atoms with Crippen LogP contribution < -0.4 is 24.8 Å². The average Bonchev–Trinajstić information content (AvgIpc) is 2.91. The summed E-state index contributed by atoms with van der Waals surface area (Å²) in [6.45, 7) is 0.564. The predicted octanol–water partition coefficient (Wildman–Crippen LogP) is 2.81. The van der Waals surface area contributed by atoms with Crippen molar-refractivity contribution >= 4 is 49.4 Å². The van der Waals surface area contributed by atoms with Crippen LogP contribution in [0.5, 0.6) is 17.2 Å². The first kappa shape index (κ1) is 18.7. The second-order valence-corrected chi connectivity index (χ2v) is 7.01. The number of rotatable bonds is 5. The fourth-order valence-corrected chi connectivity index (χ4v) is 4.02. The van der Waals surface area contributed by atoms with Gasteiger partial charge in [0.1, 0.15) is 10.4 Å². The second-order valence-electron chi connectivity index (χ2n) is 5.47. The van der Waals surface area contributed by atoms with Crippen molar-refractivity contribution in [1.82, 2.24) is 9.97 Å². The van der Waals surface area contributed by atoms with E-state index < -0.39 is 0 Å². The molecule has 0 spiro atoms. The van der Waals surface area contributed by atoms with Crippen molar-refractivity contribution in [1.29, 1.82) is 0 Å². The summed E-state index contributed by atoms with van der Waals surface area (Å²) in [6.07, 6.45) is 0. The highest BCUT2D eigenvalue weighted by atomic mass is 79.9. The van der Waals surface area contributed by atoms with Gasteiger partial charge in [-0.25, -0.2) is 4.98 Å². The van der Waals surface area contributed by atoms with Gasteiger partial charge in [0.15, 0.2) is 17.3 Å². The summed E-state index contributed by atoms with van der Waals surface area (Å²) >= 11 is 6.83. The fraction of sp³-hybridized carbons (Fsp3) is 0.312. The van der Waals surface area contributed by atoms with Crippen LogP contribution in [-0.4, -0.2) is 43.6 Å². The number of nitrogens with two attached hydrogens (primary N) is 1. The molecule has 1 aromatic carbocycles. The Balaban J connectivity index is 2.05. The number of halogens is 2. The Labute approximate surface area is 166 Å². The summed E-state index contributed by atoms with van der Waals surface area (Å²) in [4.78, 5) is 22.4. The average molecular weight is 488 g/mol. The Morgan fingerprint density at radius 1 is 1.15 bits per heavy atom. The third-order valence-corrected chi connectivity index (χ3v) is 5.43. The largest absolute Gasteiger partial charge is 0.493 e. The summed E-state index contributed by atoms with van der Waals surface area (Å²) in [5.41, 5.74) is 7.01. The lowest BCUT2D eigenvalue weighted by Gasteiger charge is -2.21. The maximum absolute atomic E-state index is 12.4. The minimum absolute atomic E-state index is 0.0737. The Kier molecular flexibility index (Phi) is 5.24. The van der Waals surface area contributed by atoms with E-state index in [1.807, 2.05) is 11.0 Å². The van der Waals surface area contributed by atoms with Crippen molar-refractivity contribution in [2.45, 2.75) is 6.54 Å². The first-order valence-electron chi connectivity index (χ1n) is 7.49. The van der Waals surface area contributed by atoms with Crippen LogP contribution in [0.4, 0.5) is 11.8 Å². The number of hydrogen-bond donors (Lipinski definition) is 1. The molecule has 0 atom stereocenters. The maximum atomic E-state index is 12.4. The van der Waals surface area contributed by atoms with Crippen LogP contribution in [0.1, 0.15) is 15.9 Å². The number of ketones is 1. The molecule has 8 nitrogen and oxygen atoms in total. The van der Waals surface area contributed by atoms with Gasteiger partial charge in [0.2, 0.25) is 11.7 Å². The van der Waals surface area contributed by atoms with Crippen LogP contribution >= 0.6 is 31.9 Å². The molecule has 1 aromatic heterocycles. The van der Waals surface area contributed by atoms with E-state index in [1.54, 1.807) is 21.3 Å². The second kappa shape index (κ2) is 7.28. The molecule has 3 rings (SSSR count). The Hall–Kier alpha value is -2.07. The van der Waals surface area contributed by atoms with Crippen LogP contribution in [0.25, 0.3) is 0 Å². The summed E-state index contributed by atoms with van der Waals surface area (Å²) < 4.78 is 17.3. The molecule has 0 aliphatic carbocycles. The van der Waals surface area contributed by atoms with Gasteiger partial charge in [-0.05, 0) is 43.5 Å². The van der Waals surface area contributed by atoms with E-state index in [0.29, 0.717) is 44.3 Å². The molecule has 10 heteroatoms. The molecule has 2 heterocycles. The van der Waals surface area contributed by atoms with Gasteiger partial charge in [0, 0.05) is 6.54 Å². The third-order valence-electron chi connectivity index (χ3n) is 3.98. The van der Waals surface area contributed by atoms with E-state index in [1.165, 1.54) is 0 Å². The van der Waals surface area contributed by atoms with E-state index in [9.17, 15) is 4.79 Å². The smallest absolute Gasteiger partial charge is 0.223 e. The molecule has 26 heavy (non-hydrogen) atoms. The molecule has 138 valence electrons. The summed E-state index contributed by atoms with van der Waals surface area (Å²) in [5, 5.41) is 0. The van der Waals surface area contributed by atoms with E-state index >= 15 is 0 Å². The highest BCUT2D eigenvalue weighted by Crippen LogP contribution is 2.45. The number of nitrogens with zero attached hydrogens (tertiary/aromatic N) is 3. The molecule has 0 unspecified atom stereocenters. The molecular weight excluding hydrogens is 472 g/mol. The minimum atomic E-state index is -0.0737. The van der Waals surface area contributed by atoms with Crippen LogP contribution in [0.3, 0.4) is 0 Å². The van der Waals surface area contributed by atoms with Crippen LogP contribution in [0.15, 0.2) is 15.1 Å². The number of Topliss-reactive ketones (excluding diaryl/α,β-unsaturated/α-hetero) is 1. The van der Waals surface area contributed by atoms with Crippen molar-refractivity contribution < 1.29 is 19.0 Å². The first-order valence-corrected chi connectivity index (χ1v) is 9.08. The lowest BCUT2D eigenvalue weighted by atomic mass is 10.1. The molecule has 1 aliphatic rings. The highest BCUT2D eigenvalue weighted by molar-refractivity contribution is 9.10. The standard InChI is InChI=1S/C16H16Br2N4O4/c1-24-9-4-7(11(17)13(26-3)12(9)25-2)5-22-6-8(23)10-14(18)20-16(19)21-15(10)22/h4H,5-6H2,1-3H3,(H2,19,20,21).